The second kappa shape index (κ2) is 9.10. The Morgan fingerprint density at radius 1 is 1.07 bits per heavy atom. The molecular weight excluding hydrogens is 444 g/mol. The fourth-order valence-corrected chi connectivity index (χ4v) is 3.95. The van der Waals surface area contributed by atoms with Crippen molar-refractivity contribution in [2.45, 2.75) is 26.3 Å². The summed E-state index contributed by atoms with van der Waals surface area (Å²) in [6, 6.07) is 15.8. The van der Waals surface area contributed by atoms with Crippen LogP contribution < -0.4 is 0 Å². The van der Waals surface area contributed by atoms with Crippen molar-refractivity contribution in [1.82, 2.24) is 20.0 Å². The second-order valence-electron chi connectivity index (χ2n) is 7.86. The molecule has 2 aromatic carbocycles. The average molecular weight is 469 g/mol. The summed E-state index contributed by atoms with van der Waals surface area (Å²) in [5, 5.41) is 8.35. The van der Waals surface area contributed by atoms with E-state index in [9.17, 15) is 4.79 Å². The van der Waals surface area contributed by atoms with Crippen LogP contribution in [0.3, 0.4) is 0 Å². The molecule has 30 heavy (non-hydrogen) atoms. The van der Waals surface area contributed by atoms with Crippen molar-refractivity contribution < 1.29 is 9.21 Å². The Labute approximate surface area is 185 Å². The van der Waals surface area contributed by atoms with Crippen LogP contribution in [0.5, 0.6) is 0 Å². The molecule has 0 radical (unpaired) electrons. The molecule has 0 atom stereocenters. The van der Waals surface area contributed by atoms with Gasteiger partial charge in [-0.05, 0) is 41.8 Å². The topological polar surface area (TPSA) is 62.5 Å². The molecule has 0 aliphatic carbocycles. The van der Waals surface area contributed by atoms with Crippen molar-refractivity contribution in [3.8, 4) is 11.5 Å². The first-order valence-electron chi connectivity index (χ1n) is 10.2. The van der Waals surface area contributed by atoms with Crippen molar-refractivity contribution in [3.63, 3.8) is 0 Å². The molecule has 0 unspecified atom stereocenters. The maximum Gasteiger partial charge on any atom is 0.253 e. The number of halogens is 1. The molecule has 156 valence electrons. The van der Waals surface area contributed by atoms with E-state index in [0.717, 1.165) is 28.7 Å². The highest BCUT2D eigenvalue weighted by molar-refractivity contribution is 9.10. The minimum atomic E-state index is 0.0969. The average Bonchev–Trinajstić information content (AvgIpc) is 3.22. The lowest BCUT2D eigenvalue weighted by Crippen LogP contribution is -2.48. The summed E-state index contributed by atoms with van der Waals surface area (Å²) >= 11 is 3.46. The predicted octanol–water partition coefficient (Wildman–Crippen LogP) is 4.58. The Morgan fingerprint density at radius 2 is 1.80 bits per heavy atom. The monoisotopic (exact) mass is 468 g/mol. The maximum atomic E-state index is 12.8. The summed E-state index contributed by atoms with van der Waals surface area (Å²) in [6.45, 7) is 7.85. The molecule has 7 heteroatoms. The summed E-state index contributed by atoms with van der Waals surface area (Å²) in [5.41, 5.74) is 2.89. The molecule has 1 aliphatic heterocycles. The third-order valence-corrected chi connectivity index (χ3v) is 5.87. The van der Waals surface area contributed by atoms with Gasteiger partial charge in [-0.2, -0.15) is 0 Å². The summed E-state index contributed by atoms with van der Waals surface area (Å²) < 4.78 is 6.81. The Bertz CT molecular complexity index is 1010. The van der Waals surface area contributed by atoms with Crippen LogP contribution in [-0.4, -0.2) is 52.1 Å². The van der Waals surface area contributed by atoms with Crippen LogP contribution in [0.2, 0.25) is 0 Å². The standard InChI is InChI=1S/C23H25BrN4O2/c1-16(2)17-6-8-18(9-7-17)23(29)28-12-10-27(11-13-28)15-21-25-26-22(30-21)19-4-3-5-20(24)14-19/h3-9,14,16H,10-13,15H2,1-2H3. The van der Waals surface area contributed by atoms with E-state index < -0.39 is 0 Å². The molecule has 0 N–H and O–H groups in total. The van der Waals surface area contributed by atoms with E-state index in [1.807, 2.05) is 53.4 Å². The number of hydrogen-bond donors (Lipinski definition) is 0. The van der Waals surface area contributed by atoms with Crippen LogP contribution in [0.4, 0.5) is 0 Å². The first-order chi connectivity index (χ1) is 14.5. The molecule has 1 aromatic heterocycles. The van der Waals surface area contributed by atoms with Crippen molar-refractivity contribution in [2.24, 2.45) is 0 Å². The van der Waals surface area contributed by atoms with Gasteiger partial charge < -0.3 is 9.32 Å². The maximum absolute atomic E-state index is 12.8. The number of aromatic nitrogens is 2. The first-order valence-corrected chi connectivity index (χ1v) is 11.0. The molecule has 3 aromatic rings. The smallest absolute Gasteiger partial charge is 0.253 e. The summed E-state index contributed by atoms with van der Waals surface area (Å²) in [4.78, 5) is 17.0. The Hall–Kier alpha value is -2.51. The second-order valence-corrected chi connectivity index (χ2v) is 8.77. The minimum Gasteiger partial charge on any atom is -0.419 e. The lowest BCUT2D eigenvalue weighted by molar-refractivity contribution is 0.0618. The van der Waals surface area contributed by atoms with E-state index in [2.05, 4.69) is 44.9 Å². The Balaban J connectivity index is 1.32. The van der Waals surface area contributed by atoms with Crippen molar-refractivity contribution >= 4 is 21.8 Å². The summed E-state index contributed by atoms with van der Waals surface area (Å²) in [5.74, 6) is 1.67. The van der Waals surface area contributed by atoms with Gasteiger partial charge in [0.15, 0.2) is 0 Å². The molecule has 2 heterocycles. The quantitative estimate of drug-likeness (QED) is 0.548. The molecule has 1 aliphatic rings. The molecule has 1 amide bonds. The molecule has 0 saturated carbocycles. The van der Waals surface area contributed by atoms with Gasteiger partial charge in [-0.25, -0.2) is 0 Å². The van der Waals surface area contributed by atoms with Crippen LogP contribution in [0.15, 0.2) is 57.4 Å². The lowest BCUT2D eigenvalue weighted by atomic mass is 10.0. The molecular formula is C23H25BrN4O2. The number of carbonyl (C=O) groups is 1. The van der Waals surface area contributed by atoms with E-state index in [1.165, 1.54) is 5.56 Å². The van der Waals surface area contributed by atoms with Gasteiger partial charge in [-0.3, -0.25) is 9.69 Å². The van der Waals surface area contributed by atoms with Gasteiger partial charge in [0.2, 0.25) is 11.8 Å². The third-order valence-electron chi connectivity index (χ3n) is 5.38. The lowest BCUT2D eigenvalue weighted by Gasteiger charge is -2.34. The first kappa shape index (κ1) is 20.8. The van der Waals surface area contributed by atoms with Crippen molar-refractivity contribution in [1.29, 1.82) is 0 Å². The fourth-order valence-electron chi connectivity index (χ4n) is 3.55. The third kappa shape index (κ3) is 4.79. The van der Waals surface area contributed by atoms with Crippen LogP contribution in [-0.2, 0) is 6.54 Å². The van der Waals surface area contributed by atoms with Gasteiger partial charge in [0.25, 0.3) is 5.91 Å². The van der Waals surface area contributed by atoms with E-state index in [0.29, 0.717) is 37.3 Å². The molecule has 4 rings (SSSR count). The van der Waals surface area contributed by atoms with Crippen LogP contribution >= 0.6 is 15.9 Å². The zero-order chi connectivity index (χ0) is 21.1. The molecule has 0 spiro atoms. The van der Waals surface area contributed by atoms with Gasteiger partial charge in [0.05, 0.1) is 6.54 Å². The number of hydrogen-bond acceptors (Lipinski definition) is 5. The number of piperazine rings is 1. The minimum absolute atomic E-state index is 0.0969. The van der Waals surface area contributed by atoms with E-state index in [1.54, 1.807) is 0 Å². The number of nitrogens with zero attached hydrogens (tertiary/aromatic N) is 4. The highest BCUT2D eigenvalue weighted by Gasteiger charge is 2.23. The van der Waals surface area contributed by atoms with Gasteiger partial charge in [0.1, 0.15) is 0 Å². The molecule has 0 bridgehead atoms. The van der Waals surface area contributed by atoms with Crippen molar-refractivity contribution in [2.75, 3.05) is 26.2 Å². The van der Waals surface area contributed by atoms with Gasteiger partial charge in [-0.15, -0.1) is 10.2 Å². The van der Waals surface area contributed by atoms with Crippen molar-refractivity contribution in [3.05, 3.63) is 70.0 Å². The van der Waals surface area contributed by atoms with Crippen LogP contribution in [0.25, 0.3) is 11.5 Å². The molecule has 1 saturated heterocycles. The van der Waals surface area contributed by atoms with Gasteiger partial charge in [-0.1, -0.05) is 48.0 Å². The predicted molar refractivity (Wildman–Crippen MR) is 119 cm³/mol. The van der Waals surface area contributed by atoms with Gasteiger partial charge in [0, 0.05) is 41.8 Å². The number of benzene rings is 2. The zero-order valence-corrected chi connectivity index (χ0v) is 18.8. The van der Waals surface area contributed by atoms with Gasteiger partial charge >= 0.3 is 0 Å². The summed E-state index contributed by atoms with van der Waals surface area (Å²) in [6.07, 6.45) is 0. The molecule has 6 nitrogen and oxygen atoms in total. The normalized spacial score (nSPS) is 15.0. The number of carbonyl (C=O) groups excluding carboxylic acids is 1. The van der Waals surface area contributed by atoms with E-state index in [4.69, 9.17) is 4.42 Å². The Kier molecular flexibility index (Phi) is 6.29. The fraction of sp³-hybridized carbons (Fsp3) is 0.348. The SMILES string of the molecule is CC(C)c1ccc(C(=O)N2CCN(Cc3nnc(-c4cccc(Br)c4)o3)CC2)cc1. The zero-order valence-electron chi connectivity index (χ0n) is 17.2. The largest absolute Gasteiger partial charge is 0.419 e. The van der Waals surface area contributed by atoms with Crippen LogP contribution in [0, 0.1) is 0 Å². The van der Waals surface area contributed by atoms with Crippen LogP contribution in [0.1, 0.15) is 41.6 Å². The highest BCUT2D eigenvalue weighted by atomic mass is 79.9. The van der Waals surface area contributed by atoms with E-state index in [-0.39, 0.29) is 5.91 Å². The number of amides is 1. The molecule has 1 fully saturated rings. The Morgan fingerprint density at radius 3 is 2.47 bits per heavy atom. The highest BCUT2D eigenvalue weighted by Crippen LogP contribution is 2.22. The van der Waals surface area contributed by atoms with E-state index >= 15 is 0 Å². The summed E-state index contributed by atoms with van der Waals surface area (Å²) in [7, 11) is 0. The number of rotatable bonds is 5.